The highest BCUT2D eigenvalue weighted by molar-refractivity contribution is 6.46. The summed E-state index contributed by atoms with van der Waals surface area (Å²) in [6.45, 7) is 5.56. The Balaban J connectivity index is 1.81. The highest BCUT2D eigenvalue weighted by atomic mass is 16.5. The minimum atomic E-state index is -0.656. The number of carbonyl (C=O) groups excluding carboxylic acids is 2. The van der Waals surface area contributed by atoms with E-state index in [4.69, 9.17) is 9.47 Å². The summed E-state index contributed by atoms with van der Waals surface area (Å²) < 4.78 is 11.2. The fraction of sp³-hybridized carbons (Fsp3) is 0.385. The van der Waals surface area contributed by atoms with Crippen LogP contribution in [0.1, 0.15) is 55.8 Å². The predicted octanol–water partition coefficient (Wildman–Crippen LogP) is 4.63. The lowest BCUT2D eigenvalue weighted by atomic mass is 9.94. The van der Waals surface area contributed by atoms with Crippen LogP contribution < -0.4 is 9.47 Å². The normalized spacial score (nSPS) is 19.2. The van der Waals surface area contributed by atoms with Gasteiger partial charge in [0, 0.05) is 18.5 Å². The van der Waals surface area contributed by atoms with Crippen molar-refractivity contribution in [3.8, 4) is 11.5 Å². The zero-order valence-corrected chi connectivity index (χ0v) is 18.6. The van der Waals surface area contributed by atoms with Gasteiger partial charge in [0.15, 0.2) is 0 Å². The summed E-state index contributed by atoms with van der Waals surface area (Å²) in [5, 5.41) is 11.2. The summed E-state index contributed by atoms with van der Waals surface area (Å²) in [6, 6.07) is 12.1. The molecule has 0 saturated carbocycles. The maximum absolute atomic E-state index is 13.1. The standard InChI is InChI=1S/C26H29NO5/c1-3-5-6-13-27-23(18-8-7-9-20(16-18)31-4-2)22(25(29)26(27)30)24(28)19-10-11-21-17(15-19)12-14-32-21/h7-11,15-16,23,28H,3-6,12-14H2,1-2H3/b24-22-. The SMILES string of the molecule is CCCCCN1C(=O)C(=O)/C(=C(\O)c2ccc3c(c2)CCO3)C1c1cccc(OCC)c1. The summed E-state index contributed by atoms with van der Waals surface area (Å²) >= 11 is 0. The summed E-state index contributed by atoms with van der Waals surface area (Å²) in [7, 11) is 0. The topological polar surface area (TPSA) is 76.1 Å². The molecule has 1 amide bonds. The van der Waals surface area contributed by atoms with Crippen molar-refractivity contribution in [1.29, 1.82) is 0 Å². The number of benzene rings is 2. The quantitative estimate of drug-likeness (QED) is 0.283. The van der Waals surface area contributed by atoms with Crippen molar-refractivity contribution in [1.82, 2.24) is 4.90 Å². The van der Waals surface area contributed by atoms with Gasteiger partial charge in [-0.3, -0.25) is 9.59 Å². The summed E-state index contributed by atoms with van der Waals surface area (Å²) in [4.78, 5) is 27.7. The summed E-state index contributed by atoms with van der Waals surface area (Å²) in [5.41, 5.74) is 2.38. The lowest BCUT2D eigenvalue weighted by Gasteiger charge is -2.25. The van der Waals surface area contributed by atoms with Gasteiger partial charge in [0.1, 0.15) is 17.3 Å². The highest BCUT2D eigenvalue weighted by Crippen LogP contribution is 2.41. The number of unbranched alkanes of at least 4 members (excludes halogenated alkanes) is 2. The molecule has 6 nitrogen and oxygen atoms in total. The van der Waals surface area contributed by atoms with E-state index < -0.39 is 17.7 Å². The maximum atomic E-state index is 13.1. The van der Waals surface area contributed by atoms with Crippen molar-refractivity contribution in [3.63, 3.8) is 0 Å². The smallest absolute Gasteiger partial charge is 0.295 e. The Bertz CT molecular complexity index is 1060. The Morgan fingerprint density at radius 2 is 2.00 bits per heavy atom. The first kappa shape index (κ1) is 21.9. The molecule has 1 atom stereocenters. The van der Waals surface area contributed by atoms with E-state index in [1.165, 1.54) is 0 Å². The first-order valence-electron chi connectivity index (χ1n) is 11.3. The molecule has 0 radical (unpaired) electrons. The third-order valence-corrected chi connectivity index (χ3v) is 5.99. The summed E-state index contributed by atoms with van der Waals surface area (Å²) in [6.07, 6.45) is 3.51. The number of aliphatic hydroxyl groups excluding tert-OH is 1. The molecule has 0 bridgehead atoms. The van der Waals surface area contributed by atoms with Crippen molar-refractivity contribution in [2.45, 2.75) is 45.6 Å². The molecule has 2 aliphatic heterocycles. The van der Waals surface area contributed by atoms with E-state index in [0.29, 0.717) is 31.1 Å². The van der Waals surface area contributed by atoms with Crippen LogP contribution in [-0.2, 0) is 16.0 Å². The van der Waals surface area contributed by atoms with E-state index in [1.54, 1.807) is 17.0 Å². The fourth-order valence-electron chi connectivity index (χ4n) is 4.42. The minimum absolute atomic E-state index is 0.124. The molecule has 0 spiro atoms. The molecule has 1 saturated heterocycles. The van der Waals surface area contributed by atoms with E-state index >= 15 is 0 Å². The third-order valence-electron chi connectivity index (χ3n) is 5.99. The molecule has 0 aromatic heterocycles. The van der Waals surface area contributed by atoms with Gasteiger partial charge in [-0.05, 0) is 54.8 Å². The molecular formula is C26H29NO5. The van der Waals surface area contributed by atoms with Crippen LogP contribution in [0.4, 0.5) is 0 Å². The van der Waals surface area contributed by atoms with Crippen LogP contribution in [0.15, 0.2) is 48.0 Å². The molecule has 6 heteroatoms. The van der Waals surface area contributed by atoms with Gasteiger partial charge in [-0.25, -0.2) is 0 Å². The van der Waals surface area contributed by atoms with Crippen LogP contribution in [0, 0.1) is 0 Å². The van der Waals surface area contributed by atoms with Gasteiger partial charge >= 0.3 is 0 Å². The fourth-order valence-corrected chi connectivity index (χ4v) is 4.42. The number of carbonyl (C=O) groups is 2. The number of amides is 1. The molecule has 1 fully saturated rings. The van der Waals surface area contributed by atoms with Crippen molar-refractivity contribution < 1.29 is 24.2 Å². The largest absolute Gasteiger partial charge is 0.507 e. The zero-order chi connectivity index (χ0) is 22.7. The van der Waals surface area contributed by atoms with Crippen LogP contribution in [0.2, 0.25) is 0 Å². The maximum Gasteiger partial charge on any atom is 0.295 e. The van der Waals surface area contributed by atoms with Crippen molar-refractivity contribution in [3.05, 3.63) is 64.7 Å². The Morgan fingerprint density at radius 1 is 1.16 bits per heavy atom. The summed E-state index contributed by atoms with van der Waals surface area (Å²) in [5.74, 6) is 0.0886. The van der Waals surface area contributed by atoms with E-state index in [2.05, 4.69) is 6.92 Å². The Labute approximate surface area is 188 Å². The number of aliphatic hydroxyl groups is 1. The molecule has 32 heavy (non-hydrogen) atoms. The molecule has 1 unspecified atom stereocenters. The first-order chi connectivity index (χ1) is 15.5. The number of hydrogen-bond donors (Lipinski definition) is 1. The lowest BCUT2D eigenvalue weighted by molar-refractivity contribution is -0.139. The third kappa shape index (κ3) is 4.09. The van der Waals surface area contributed by atoms with Gasteiger partial charge in [-0.1, -0.05) is 31.9 Å². The van der Waals surface area contributed by atoms with E-state index in [1.807, 2.05) is 37.3 Å². The average Bonchev–Trinajstić information content (AvgIpc) is 3.37. The van der Waals surface area contributed by atoms with Crippen LogP contribution in [0.25, 0.3) is 5.76 Å². The monoisotopic (exact) mass is 435 g/mol. The molecule has 2 heterocycles. The number of fused-ring (bicyclic) bond motifs is 1. The molecule has 2 aromatic rings. The van der Waals surface area contributed by atoms with Crippen LogP contribution in [0.5, 0.6) is 11.5 Å². The Hall–Kier alpha value is -3.28. The van der Waals surface area contributed by atoms with E-state index in [0.717, 1.165) is 42.6 Å². The Kier molecular flexibility index (Phi) is 6.49. The van der Waals surface area contributed by atoms with E-state index in [9.17, 15) is 14.7 Å². The molecule has 4 rings (SSSR count). The molecule has 168 valence electrons. The lowest BCUT2D eigenvalue weighted by Crippen LogP contribution is -2.30. The van der Waals surface area contributed by atoms with E-state index in [-0.39, 0.29) is 11.3 Å². The van der Waals surface area contributed by atoms with Crippen molar-refractivity contribution >= 4 is 17.4 Å². The highest BCUT2D eigenvalue weighted by Gasteiger charge is 2.45. The van der Waals surface area contributed by atoms with Gasteiger partial charge in [-0.15, -0.1) is 0 Å². The second-order valence-corrected chi connectivity index (χ2v) is 8.13. The molecule has 2 aromatic carbocycles. The predicted molar refractivity (Wildman–Crippen MR) is 122 cm³/mol. The number of Topliss-reactive ketones (excluding diaryl/α,β-unsaturated/α-hetero) is 1. The number of rotatable bonds is 8. The number of nitrogens with zero attached hydrogens (tertiary/aromatic N) is 1. The number of likely N-dealkylation sites (tertiary alicyclic amines) is 1. The molecule has 2 aliphatic rings. The molecule has 0 aliphatic carbocycles. The number of ketones is 1. The van der Waals surface area contributed by atoms with Gasteiger partial charge in [0.25, 0.3) is 11.7 Å². The number of hydrogen-bond acceptors (Lipinski definition) is 5. The molecule has 1 N–H and O–H groups in total. The molecular weight excluding hydrogens is 406 g/mol. The van der Waals surface area contributed by atoms with Gasteiger partial charge in [0.2, 0.25) is 0 Å². The Morgan fingerprint density at radius 3 is 2.78 bits per heavy atom. The number of ether oxygens (including phenoxy) is 2. The first-order valence-corrected chi connectivity index (χ1v) is 11.3. The van der Waals surface area contributed by atoms with Crippen molar-refractivity contribution in [2.24, 2.45) is 0 Å². The second kappa shape index (κ2) is 9.47. The van der Waals surface area contributed by atoms with Crippen LogP contribution in [0.3, 0.4) is 0 Å². The minimum Gasteiger partial charge on any atom is -0.507 e. The van der Waals surface area contributed by atoms with Crippen LogP contribution in [-0.4, -0.2) is 41.5 Å². The van der Waals surface area contributed by atoms with Crippen molar-refractivity contribution in [2.75, 3.05) is 19.8 Å². The average molecular weight is 436 g/mol. The zero-order valence-electron chi connectivity index (χ0n) is 18.6. The second-order valence-electron chi connectivity index (χ2n) is 8.13. The van der Waals surface area contributed by atoms with Gasteiger partial charge < -0.3 is 19.5 Å². The van der Waals surface area contributed by atoms with Crippen LogP contribution >= 0.6 is 0 Å². The van der Waals surface area contributed by atoms with Gasteiger partial charge in [0.05, 0.1) is 24.8 Å². The van der Waals surface area contributed by atoms with Gasteiger partial charge in [-0.2, -0.15) is 0 Å².